The molecule has 0 bridgehead atoms. The number of amides is 1. The number of carboxylic acid groups (broad SMARTS) is 1. The predicted molar refractivity (Wildman–Crippen MR) is 135 cm³/mol. The number of aryl methyl sites for hydroxylation is 2. The number of aromatic nitrogens is 3. The number of nitrogens with two attached hydrogens (primary N) is 1. The van der Waals surface area contributed by atoms with E-state index in [4.69, 9.17) is 15.5 Å². The van der Waals surface area contributed by atoms with Gasteiger partial charge in [-0.05, 0) is 43.6 Å². The molecule has 3 aromatic rings. The second kappa shape index (κ2) is 9.41. The van der Waals surface area contributed by atoms with Crippen molar-refractivity contribution in [3.05, 3.63) is 30.1 Å². The number of anilines is 1. The van der Waals surface area contributed by atoms with Crippen molar-refractivity contribution >= 4 is 33.8 Å². The number of unbranched alkanes of at least 4 members (excludes halogenated alkanes) is 1. The van der Waals surface area contributed by atoms with Crippen molar-refractivity contribution in [3.8, 4) is 0 Å². The highest BCUT2D eigenvalue weighted by Gasteiger charge is 2.46. The highest BCUT2D eigenvalue weighted by Crippen LogP contribution is 2.44. The second-order valence-corrected chi connectivity index (χ2v) is 10.4. The number of imidazole rings is 1. The number of pyridine rings is 1. The van der Waals surface area contributed by atoms with Crippen LogP contribution in [-0.2, 0) is 17.7 Å². The van der Waals surface area contributed by atoms with Crippen LogP contribution in [0.15, 0.2) is 24.3 Å². The number of nitrogens with zero attached hydrogens (tertiary/aromatic N) is 3. The summed E-state index contributed by atoms with van der Waals surface area (Å²) in [5.74, 6) is 1.49. The highest BCUT2D eigenvalue weighted by molar-refractivity contribution is 6.06. The van der Waals surface area contributed by atoms with Crippen LogP contribution in [0.1, 0.15) is 65.6 Å². The summed E-state index contributed by atoms with van der Waals surface area (Å²) in [7, 11) is 0. The smallest absolute Gasteiger partial charge is 0.404 e. The summed E-state index contributed by atoms with van der Waals surface area (Å²) < 4.78 is 8.69. The standard InChI is InChI=1S/C26H37N5O3/c1-5-20-30-21-22(18-10-6-7-11-19(18)29-23(21)27)31(20)14-9-8-13-26(25(2,3)4)16-17(12-15-34-26)28-24(32)33/h6-7,10-11,17,28H,5,8-9,12-16H2,1-4H3,(H2,27,29)(H,32,33). The van der Waals surface area contributed by atoms with E-state index in [0.29, 0.717) is 25.3 Å². The molecule has 0 saturated carbocycles. The van der Waals surface area contributed by atoms with Gasteiger partial charge in [0.15, 0.2) is 5.82 Å². The first-order valence-electron chi connectivity index (χ1n) is 12.3. The van der Waals surface area contributed by atoms with E-state index in [-0.39, 0.29) is 17.1 Å². The SMILES string of the molecule is CCc1nc2c(N)nc3ccccc3c2n1CCCCC1(C(C)(C)C)CC(NC(=O)O)CCO1. The summed E-state index contributed by atoms with van der Waals surface area (Å²) in [6, 6.07) is 8.00. The first-order valence-corrected chi connectivity index (χ1v) is 12.3. The van der Waals surface area contributed by atoms with E-state index in [1.807, 2.05) is 18.2 Å². The third kappa shape index (κ3) is 4.56. The van der Waals surface area contributed by atoms with Crippen molar-refractivity contribution in [1.82, 2.24) is 19.9 Å². The van der Waals surface area contributed by atoms with Crippen molar-refractivity contribution in [2.75, 3.05) is 12.3 Å². The van der Waals surface area contributed by atoms with Crippen molar-refractivity contribution < 1.29 is 14.6 Å². The Morgan fingerprint density at radius 1 is 1.29 bits per heavy atom. The number of nitrogen functional groups attached to an aromatic ring is 1. The molecule has 2 atom stereocenters. The zero-order valence-corrected chi connectivity index (χ0v) is 20.7. The fourth-order valence-corrected chi connectivity index (χ4v) is 5.42. The van der Waals surface area contributed by atoms with E-state index in [0.717, 1.165) is 60.0 Å². The minimum atomic E-state index is -0.963. The van der Waals surface area contributed by atoms with Crippen LogP contribution in [0.25, 0.3) is 21.9 Å². The number of benzene rings is 1. The molecule has 1 amide bonds. The maximum absolute atomic E-state index is 11.2. The number of hydrogen-bond acceptors (Lipinski definition) is 5. The van der Waals surface area contributed by atoms with Gasteiger partial charge < -0.3 is 25.5 Å². The molecule has 0 aliphatic carbocycles. The van der Waals surface area contributed by atoms with Crippen molar-refractivity contribution in [3.63, 3.8) is 0 Å². The maximum Gasteiger partial charge on any atom is 0.404 e. The third-order valence-corrected chi connectivity index (χ3v) is 7.33. The van der Waals surface area contributed by atoms with E-state index in [9.17, 15) is 9.90 Å². The maximum atomic E-state index is 11.2. The summed E-state index contributed by atoms with van der Waals surface area (Å²) in [6.07, 6.45) is 4.09. The Balaban J connectivity index is 1.55. The van der Waals surface area contributed by atoms with Crippen LogP contribution < -0.4 is 11.1 Å². The minimum Gasteiger partial charge on any atom is -0.465 e. The van der Waals surface area contributed by atoms with Crippen molar-refractivity contribution in [1.29, 1.82) is 0 Å². The first-order chi connectivity index (χ1) is 16.1. The Morgan fingerprint density at radius 3 is 2.76 bits per heavy atom. The topological polar surface area (TPSA) is 115 Å². The fourth-order valence-electron chi connectivity index (χ4n) is 5.42. The van der Waals surface area contributed by atoms with Gasteiger partial charge in [-0.1, -0.05) is 45.9 Å². The lowest BCUT2D eigenvalue weighted by Gasteiger charge is -2.49. The van der Waals surface area contributed by atoms with Crippen LogP contribution in [0.4, 0.5) is 10.6 Å². The molecule has 1 aliphatic heterocycles. The number of para-hydroxylation sites is 1. The summed E-state index contributed by atoms with van der Waals surface area (Å²) in [5.41, 5.74) is 8.54. The second-order valence-electron chi connectivity index (χ2n) is 10.4. The number of fused-ring (bicyclic) bond motifs is 3. The van der Waals surface area contributed by atoms with Gasteiger partial charge in [0.1, 0.15) is 11.3 Å². The average molecular weight is 468 g/mol. The number of hydrogen-bond donors (Lipinski definition) is 3. The number of nitrogens with one attached hydrogen (secondary N) is 1. The molecule has 4 rings (SSSR count). The molecule has 34 heavy (non-hydrogen) atoms. The van der Waals surface area contributed by atoms with Gasteiger partial charge in [-0.25, -0.2) is 14.8 Å². The summed E-state index contributed by atoms with van der Waals surface area (Å²) >= 11 is 0. The normalized spacial score (nSPS) is 21.2. The van der Waals surface area contributed by atoms with E-state index in [1.54, 1.807) is 0 Å². The van der Waals surface area contributed by atoms with Gasteiger partial charge in [-0.15, -0.1) is 0 Å². The lowest BCUT2D eigenvalue weighted by atomic mass is 9.68. The van der Waals surface area contributed by atoms with E-state index >= 15 is 0 Å². The summed E-state index contributed by atoms with van der Waals surface area (Å²) in [6.45, 7) is 10.1. The monoisotopic (exact) mass is 467 g/mol. The molecule has 2 aromatic heterocycles. The van der Waals surface area contributed by atoms with Crippen LogP contribution >= 0.6 is 0 Å². The molecule has 184 valence electrons. The van der Waals surface area contributed by atoms with E-state index in [1.165, 1.54) is 0 Å². The van der Waals surface area contributed by atoms with Gasteiger partial charge in [0, 0.05) is 31.0 Å². The highest BCUT2D eigenvalue weighted by atomic mass is 16.5. The van der Waals surface area contributed by atoms with Crippen LogP contribution in [0.2, 0.25) is 0 Å². The first kappa shape index (κ1) is 24.3. The molecule has 1 aliphatic rings. The van der Waals surface area contributed by atoms with Gasteiger partial charge in [0.25, 0.3) is 0 Å². The zero-order valence-electron chi connectivity index (χ0n) is 20.7. The number of rotatable bonds is 7. The Labute approximate surface area is 200 Å². The van der Waals surface area contributed by atoms with Crippen LogP contribution in [0.5, 0.6) is 0 Å². The Kier molecular flexibility index (Phi) is 6.71. The fraction of sp³-hybridized carbons (Fsp3) is 0.577. The van der Waals surface area contributed by atoms with Crippen molar-refractivity contribution in [2.24, 2.45) is 5.41 Å². The zero-order chi connectivity index (χ0) is 24.5. The summed E-state index contributed by atoms with van der Waals surface area (Å²) in [5, 5.41) is 13.0. The average Bonchev–Trinajstić information content (AvgIpc) is 3.15. The molecule has 2 unspecified atom stereocenters. The van der Waals surface area contributed by atoms with Gasteiger partial charge >= 0.3 is 6.09 Å². The van der Waals surface area contributed by atoms with E-state index in [2.05, 4.69) is 48.6 Å². The van der Waals surface area contributed by atoms with Crippen molar-refractivity contribution in [2.45, 2.75) is 84.4 Å². The lowest BCUT2D eigenvalue weighted by molar-refractivity contribution is -0.156. The summed E-state index contributed by atoms with van der Waals surface area (Å²) in [4.78, 5) is 20.6. The molecule has 8 heteroatoms. The molecule has 0 radical (unpaired) electrons. The Morgan fingerprint density at radius 2 is 2.06 bits per heavy atom. The largest absolute Gasteiger partial charge is 0.465 e. The molecular weight excluding hydrogens is 430 g/mol. The van der Waals surface area contributed by atoms with E-state index < -0.39 is 6.09 Å². The molecule has 1 fully saturated rings. The van der Waals surface area contributed by atoms with Gasteiger partial charge in [-0.3, -0.25) is 0 Å². The molecule has 3 heterocycles. The molecule has 0 spiro atoms. The number of carbonyl (C=O) groups is 1. The molecule has 8 nitrogen and oxygen atoms in total. The third-order valence-electron chi connectivity index (χ3n) is 7.33. The molecule has 4 N–H and O–H groups in total. The Bertz CT molecular complexity index is 1180. The molecular formula is C26H37N5O3. The lowest BCUT2D eigenvalue weighted by Crippen LogP contribution is -2.54. The predicted octanol–water partition coefficient (Wildman–Crippen LogP) is 5.13. The van der Waals surface area contributed by atoms with Crippen LogP contribution in [0, 0.1) is 5.41 Å². The quantitative estimate of drug-likeness (QED) is 0.415. The minimum absolute atomic E-state index is 0.0726. The van der Waals surface area contributed by atoms with Gasteiger partial charge in [0.2, 0.25) is 0 Å². The van der Waals surface area contributed by atoms with Gasteiger partial charge in [0.05, 0.1) is 16.6 Å². The number of ether oxygens (including phenoxy) is 1. The van der Waals surface area contributed by atoms with Gasteiger partial charge in [-0.2, -0.15) is 0 Å². The molecule has 1 aromatic carbocycles. The molecule has 1 saturated heterocycles. The van der Waals surface area contributed by atoms with Crippen LogP contribution in [-0.4, -0.2) is 44.0 Å². The van der Waals surface area contributed by atoms with Crippen LogP contribution in [0.3, 0.4) is 0 Å². The Hall–Kier alpha value is -2.87.